The zero-order valence-corrected chi connectivity index (χ0v) is 38.8. The molecule has 10 aromatic rings. The first-order chi connectivity index (χ1) is 32.0. The van der Waals surface area contributed by atoms with Crippen LogP contribution in [0.4, 0.5) is 17.1 Å². The Morgan fingerprint density at radius 2 is 0.727 bits per heavy atom. The summed E-state index contributed by atoms with van der Waals surface area (Å²) in [4.78, 5) is 2.48. The quantitative estimate of drug-likeness (QED) is 0.154. The summed E-state index contributed by atoms with van der Waals surface area (Å²) in [5.74, 6) is 0. The average Bonchev–Trinajstić information content (AvgIpc) is 3.65. The second-order valence-electron chi connectivity index (χ2n) is 20.1. The standard InChI is InChI=1S/C65H55N/c1-63(2,3)48-32-36-50(37-33-48)65(51-38-34-49(35-39-51)64(4,5)6)59-25-12-11-22-58(59)62-60(65)26-15-27-61(62)66(52-40-28-46(29-41-52)56-23-13-18-44-16-7-9-20-54(44)56)53-42-30-47(31-43-53)57-24-14-19-45-17-8-10-21-55(45)57/h7-43H,1-6H3. The summed E-state index contributed by atoms with van der Waals surface area (Å²) in [6.07, 6.45) is 0. The zero-order valence-electron chi connectivity index (χ0n) is 38.8. The molecule has 0 atom stereocenters. The summed E-state index contributed by atoms with van der Waals surface area (Å²) < 4.78 is 0. The molecule has 0 aliphatic heterocycles. The maximum absolute atomic E-state index is 2.48. The van der Waals surface area contributed by atoms with Gasteiger partial charge in [-0.3, -0.25) is 0 Å². The van der Waals surface area contributed by atoms with Crippen molar-refractivity contribution in [2.45, 2.75) is 57.8 Å². The van der Waals surface area contributed by atoms with Crippen LogP contribution in [0.15, 0.2) is 224 Å². The van der Waals surface area contributed by atoms with Crippen LogP contribution >= 0.6 is 0 Å². The van der Waals surface area contributed by atoms with Crippen molar-refractivity contribution in [3.8, 4) is 33.4 Å². The van der Waals surface area contributed by atoms with Gasteiger partial charge in [-0.1, -0.05) is 236 Å². The molecule has 10 aromatic carbocycles. The molecule has 1 aliphatic carbocycles. The van der Waals surface area contributed by atoms with E-state index in [1.54, 1.807) is 0 Å². The molecule has 0 radical (unpaired) electrons. The molecule has 0 fully saturated rings. The van der Waals surface area contributed by atoms with Crippen molar-refractivity contribution >= 4 is 38.6 Å². The maximum atomic E-state index is 2.48. The van der Waals surface area contributed by atoms with Gasteiger partial charge in [-0.05, 0) is 124 Å². The van der Waals surface area contributed by atoms with Gasteiger partial charge in [0.25, 0.3) is 0 Å². The van der Waals surface area contributed by atoms with E-state index in [2.05, 4.69) is 271 Å². The highest BCUT2D eigenvalue weighted by atomic mass is 15.1. The largest absolute Gasteiger partial charge is 0.310 e. The molecule has 11 rings (SSSR count). The fourth-order valence-electron chi connectivity index (χ4n) is 10.7. The lowest BCUT2D eigenvalue weighted by Gasteiger charge is -2.35. The lowest BCUT2D eigenvalue weighted by Crippen LogP contribution is -2.29. The van der Waals surface area contributed by atoms with Crippen LogP contribution in [0.3, 0.4) is 0 Å². The van der Waals surface area contributed by atoms with Gasteiger partial charge < -0.3 is 4.90 Å². The summed E-state index contributed by atoms with van der Waals surface area (Å²) in [7, 11) is 0. The summed E-state index contributed by atoms with van der Waals surface area (Å²) in [5.41, 5.74) is 18.0. The van der Waals surface area contributed by atoms with Gasteiger partial charge in [0.05, 0.1) is 11.1 Å². The predicted octanol–water partition coefficient (Wildman–Crippen LogP) is 17.8. The van der Waals surface area contributed by atoms with Crippen molar-refractivity contribution in [2.24, 2.45) is 0 Å². The van der Waals surface area contributed by atoms with Crippen LogP contribution in [0.2, 0.25) is 0 Å². The van der Waals surface area contributed by atoms with Crippen molar-refractivity contribution in [1.82, 2.24) is 0 Å². The Morgan fingerprint density at radius 3 is 1.21 bits per heavy atom. The smallest absolute Gasteiger partial charge is 0.0714 e. The van der Waals surface area contributed by atoms with E-state index in [1.165, 1.54) is 88.3 Å². The first-order valence-corrected chi connectivity index (χ1v) is 23.4. The van der Waals surface area contributed by atoms with Crippen LogP contribution in [-0.4, -0.2) is 0 Å². The van der Waals surface area contributed by atoms with Gasteiger partial charge in [0.15, 0.2) is 0 Å². The van der Waals surface area contributed by atoms with Gasteiger partial charge in [-0.2, -0.15) is 0 Å². The molecule has 0 N–H and O–H groups in total. The third-order valence-electron chi connectivity index (χ3n) is 14.1. The van der Waals surface area contributed by atoms with Gasteiger partial charge >= 0.3 is 0 Å². The van der Waals surface area contributed by atoms with Gasteiger partial charge in [0.2, 0.25) is 0 Å². The molecule has 0 amide bonds. The van der Waals surface area contributed by atoms with Crippen molar-refractivity contribution in [2.75, 3.05) is 4.90 Å². The van der Waals surface area contributed by atoms with E-state index in [4.69, 9.17) is 0 Å². The monoisotopic (exact) mass is 849 g/mol. The molecule has 0 saturated carbocycles. The first-order valence-electron chi connectivity index (χ1n) is 23.4. The van der Waals surface area contributed by atoms with Crippen molar-refractivity contribution in [1.29, 1.82) is 0 Å². The molecular formula is C65H55N. The molecule has 0 saturated heterocycles. The topological polar surface area (TPSA) is 3.24 Å². The van der Waals surface area contributed by atoms with Crippen LogP contribution in [-0.2, 0) is 16.2 Å². The molecule has 1 aliphatic rings. The van der Waals surface area contributed by atoms with Crippen molar-refractivity contribution in [3.63, 3.8) is 0 Å². The van der Waals surface area contributed by atoms with E-state index < -0.39 is 5.41 Å². The number of nitrogens with zero attached hydrogens (tertiary/aromatic N) is 1. The molecular weight excluding hydrogens is 795 g/mol. The Labute approximate surface area is 390 Å². The number of hydrogen-bond acceptors (Lipinski definition) is 1. The lowest BCUT2D eigenvalue weighted by atomic mass is 9.67. The van der Waals surface area contributed by atoms with Crippen molar-refractivity contribution < 1.29 is 0 Å². The summed E-state index contributed by atoms with van der Waals surface area (Å²) in [6.45, 7) is 13.8. The van der Waals surface area contributed by atoms with Gasteiger partial charge in [-0.25, -0.2) is 0 Å². The molecule has 0 unspecified atom stereocenters. The van der Waals surface area contributed by atoms with E-state index >= 15 is 0 Å². The lowest BCUT2D eigenvalue weighted by molar-refractivity contribution is 0.588. The number of fused-ring (bicyclic) bond motifs is 5. The van der Waals surface area contributed by atoms with Crippen LogP contribution < -0.4 is 4.90 Å². The molecule has 0 heterocycles. The molecule has 320 valence electrons. The number of hydrogen-bond donors (Lipinski definition) is 0. The highest BCUT2D eigenvalue weighted by Crippen LogP contribution is 2.60. The minimum absolute atomic E-state index is 0.0333. The second-order valence-corrected chi connectivity index (χ2v) is 20.1. The maximum Gasteiger partial charge on any atom is 0.0714 e. The van der Waals surface area contributed by atoms with Crippen LogP contribution in [0, 0.1) is 0 Å². The van der Waals surface area contributed by atoms with E-state index in [0.29, 0.717) is 0 Å². The predicted molar refractivity (Wildman–Crippen MR) is 282 cm³/mol. The highest BCUT2D eigenvalue weighted by molar-refractivity contribution is 6.00. The van der Waals surface area contributed by atoms with Gasteiger partial charge in [-0.15, -0.1) is 0 Å². The highest BCUT2D eigenvalue weighted by Gasteiger charge is 2.47. The Balaban J connectivity index is 1.14. The average molecular weight is 850 g/mol. The van der Waals surface area contributed by atoms with Gasteiger partial charge in [0.1, 0.15) is 0 Å². The molecule has 0 aromatic heterocycles. The Bertz CT molecular complexity index is 3200. The van der Waals surface area contributed by atoms with Crippen LogP contribution in [0.5, 0.6) is 0 Å². The minimum atomic E-state index is -0.559. The summed E-state index contributed by atoms with van der Waals surface area (Å²) in [6, 6.07) is 84.1. The van der Waals surface area contributed by atoms with Crippen LogP contribution in [0.25, 0.3) is 54.9 Å². The number of rotatable bonds is 7. The van der Waals surface area contributed by atoms with E-state index in [-0.39, 0.29) is 10.8 Å². The molecule has 1 nitrogen and oxygen atoms in total. The molecule has 66 heavy (non-hydrogen) atoms. The Kier molecular flexibility index (Phi) is 9.93. The molecule has 1 heteroatoms. The fraction of sp³-hybridized carbons (Fsp3) is 0.138. The van der Waals surface area contributed by atoms with E-state index in [0.717, 1.165) is 17.1 Å². The third-order valence-corrected chi connectivity index (χ3v) is 14.1. The minimum Gasteiger partial charge on any atom is -0.310 e. The van der Waals surface area contributed by atoms with Gasteiger partial charge in [0, 0.05) is 16.9 Å². The number of benzene rings is 10. The van der Waals surface area contributed by atoms with Crippen molar-refractivity contribution in [3.05, 3.63) is 258 Å². The molecule has 0 spiro atoms. The SMILES string of the molecule is CC(C)(C)c1ccc(C2(c3ccc(C(C)(C)C)cc3)c3ccccc3-c3c(N(c4ccc(-c5cccc6ccccc56)cc4)c4ccc(-c5cccc6ccccc56)cc4)cccc32)cc1. The normalized spacial score (nSPS) is 13.1. The zero-order chi connectivity index (χ0) is 45.2. The fourth-order valence-corrected chi connectivity index (χ4v) is 10.7. The third kappa shape index (κ3) is 6.85. The second kappa shape index (κ2) is 15.9. The van der Waals surface area contributed by atoms with E-state index in [1.807, 2.05) is 0 Å². The Morgan fingerprint density at radius 1 is 0.333 bits per heavy atom. The summed E-state index contributed by atoms with van der Waals surface area (Å²) in [5, 5.41) is 5.01. The molecule has 0 bridgehead atoms. The first kappa shape index (κ1) is 41.2. The number of anilines is 3. The Hall–Kier alpha value is -7.48. The van der Waals surface area contributed by atoms with E-state index in [9.17, 15) is 0 Å². The van der Waals surface area contributed by atoms with Crippen LogP contribution in [0.1, 0.15) is 74.9 Å². The summed E-state index contributed by atoms with van der Waals surface area (Å²) >= 11 is 0.